The molecule has 1 unspecified atom stereocenters. The Hall–Kier alpha value is -2.91. The van der Waals surface area contributed by atoms with Gasteiger partial charge in [-0.2, -0.15) is 0 Å². The highest BCUT2D eigenvalue weighted by molar-refractivity contribution is 5.76. The molecule has 2 N–H and O–H groups in total. The Morgan fingerprint density at radius 2 is 1.21 bits per heavy atom. The summed E-state index contributed by atoms with van der Waals surface area (Å²) in [4.78, 5) is 11.9. The Balaban J connectivity index is 1.99. The molecule has 0 aromatic heterocycles. The number of amides is 1. The SMILES string of the molecule is CC/C=C\C/C=C\C/C=C\C/C=C\C/C=C\C/C=C\CCC(=O)NCC(O)c1ccccc1. The molecule has 1 atom stereocenters. The van der Waals surface area contributed by atoms with Crippen LogP contribution in [0.1, 0.15) is 70.0 Å². The molecular weight excluding hydrogens is 406 g/mol. The van der Waals surface area contributed by atoms with E-state index in [1.165, 1.54) is 0 Å². The number of nitrogens with one attached hydrogen (secondary N) is 1. The van der Waals surface area contributed by atoms with E-state index in [2.05, 4.69) is 79.1 Å². The van der Waals surface area contributed by atoms with Crippen LogP contribution in [-0.4, -0.2) is 17.6 Å². The van der Waals surface area contributed by atoms with Crippen molar-refractivity contribution in [2.75, 3.05) is 6.54 Å². The van der Waals surface area contributed by atoms with Gasteiger partial charge in [0, 0.05) is 13.0 Å². The van der Waals surface area contributed by atoms with Crippen LogP contribution < -0.4 is 5.32 Å². The molecule has 1 amide bonds. The number of allylic oxidation sites excluding steroid dienone is 12. The molecule has 0 aliphatic rings. The molecule has 0 saturated carbocycles. The van der Waals surface area contributed by atoms with Gasteiger partial charge in [-0.3, -0.25) is 4.79 Å². The third kappa shape index (κ3) is 17.3. The highest BCUT2D eigenvalue weighted by atomic mass is 16.3. The Labute approximate surface area is 201 Å². The van der Waals surface area contributed by atoms with E-state index in [1.54, 1.807) is 0 Å². The van der Waals surface area contributed by atoms with E-state index < -0.39 is 6.10 Å². The maximum absolute atomic E-state index is 11.9. The van der Waals surface area contributed by atoms with Crippen LogP contribution in [0, 0.1) is 0 Å². The number of carbonyl (C=O) groups excluding carboxylic acids is 1. The van der Waals surface area contributed by atoms with E-state index in [1.807, 2.05) is 36.4 Å². The smallest absolute Gasteiger partial charge is 0.220 e. The number of benzene rings is 1. The minimum atomic E-state index is -0.666. The molecule has 0 aliphatic carbocycles. The van der Waals surface area contributed by atoms with Crippen molar-refractivity contribution in [2.24, 2.45) is 0 Å². The second kappa shape index (κ2) is 21.0. The van der Waals surface area contributed by atoms with E-state index in [9.17, 15) is 9.90 Å². The number of hydrogen-bond acceptors (Lipinski definition) is 2. The van der Waals surface area contributed by atoms with Crippen LogP contribution in [0.15, 0.2) is 103 Å². The normalized spacial score (nSPS) is 13.5. The van der Waals surface area contributed by atoms with Gasteiger partial charge >= 0.3 is 0 Å². The largest absolute Gasteiger partial charge is 0.387 e. The maximum atomic E-state index is 11.9. The van der Waals surface area contributed by atoms with E-state index in [0.29, 0.717) is 12.8 Å². The summed E-state index contributed by atoms with van der Waals surface area (Å²) in [5.41, 5.74) is 0.815. The predicted molar refractivity (Wildman–Crippen MR) is 142 cm³/mol. The monoisotopic (exact) mass is 447 g/mol. The molecule has 1 aromatic rings. The molecule has 178 valence electrons. The van der Waals surface area contributed by atoms with Crippen LogP contribution in [0.4, 0.5) is 0 Å². The van der Waals surface area contributed by atoms with Crippen LogP contribution in [0.2, 0.25) is 0 Å². The second-order valence-corrected chi connectivity index (χ2v) is 7.68. The molecule has 0 fully saturated rings. The number of carbonyl (C=O) groups is 1. The molecule has 3 heteroatoms. The lowest BCUT2D eigenvalue weighted by Gasteiger charge is -2.11. The number of rotatable bonds is 17. The summed E-state index contributed by atoms with van der Waals surface area (Å²) >= 11 is 0. The van der Waals surface area contributed by atoms with Crippen molar-refractivity contribution in [2.45, 2.75) is 64.4 Å². The molecule has 1 aromatic carbocycles. The fraction of sp³-hybridized carbons (Fsp3) is 0.367. The molecule has 33 heavy (non-hydrogen) atoms. The molecule has 0 aliphatic heterocycles. The zero-order chi connectivity index (χ0) is 23.8. The van der Waals surface area contributed by atoms with E-state index in [0.717, 1.165) is 44.1 Å². The van der Waals surface area contributed by atoms with Crippen molar-refractivity contribution in [3.8, 4) is 0 Å². The summed E-state index contributed by atoms with van der Waals surface area (Å²) in [5.74, 6) is -0.0375. The first kappa shape index (κ1) is 28.1. The van der Waals surface area contributed by atoms with Crippen molar-refractivity contribution in [3.05, 3.63) is 109 Å². The lowest BCUT2D eigenvalue weighted by molar-refractivity contribution is -0.121. The topological polar surface area (TPSA) is 49.3 Å². The molecule has 3 nitrogen and oxygen atoms in total. The van der Waals surface area contributed by atoms with Crippen LogP contribution in [-0.2, 0) is 4.79 Å². The Kier molecular flexibility index (Phi) is 17.9. The molecular formula is C30H41NO2. The van der Waals surface area contributed by atoms with Gasteiger partial charge in [-0.15, -0.1) is 0 Å². The Morgan fingerprint density at radius 3 is 1.70 bits per heavy atom. The highest BCUT2D eigenvalue weighted by Crippen LogP contribution is 2.10. The minimum Gasteiger partial charge on any atom is -0.387 e. The fourth-order valence-electron chi connectivity index (χ4n) is 2.95. The summed E-state index contributed by atoms with van der Waals surface area (Å²) in [6.45, 7) is 2.39. The average molecular weight is 448 g/mol. The third-order valence-corrected chi connectivity index (χ3v) is 4.81. The predicted octanol–water partition coefficient (Wildman–Crippen LogP) is 7.31. The van der Waals surface area contributed by atoms with E-state index in [4.69, 9.17) is 0 Å². The van der Waals surface area contributed by atoms with Gasteiger partial charge in [-0.25, -0.2) is 0 Å². The zero-order valence-corrected chi connectivity index (χ0v) is 20.1. The van der Waals surface area contributed by atoms with Gasteiger partial charge in [0.2, 0.25) is 5.91 Å². The van der Waals surface area contributed by atoms with Gasteiger partial charge in [-0.05, 0) is 50.5 Å². The van der Waals surface area contributed by atoms with Crippen LogP contribution >= 0.6 is 0 Å². The van der Waals surface area contributed by atoms with Crippen LogP contribution in [0.3, 0.4) is 0 Å². The number of hydrogen-bond donors (Lipinski definition) is 2. The Bertz CT molecular complexity index is 785. The Morgan fingerprint density at radius 1 is 0.758 bits per heavy atom. The summed E-state index contributed by atoms with van der Waals surface area (Å²) < 4.78 is 0. The summed E-state index contributed by atoms with van der Waals surface area (Å²) in [7, 11) is 0. The van der Waals surface area contributed by atoms with Gasteiger partial charge in [0.25, 0.3) is 0 Å². The fourth-order valence-corrected chi connectivity index (χ4v) is 2.95. The first-order valence-corrected chi connectivity index (χ1v) is 12.1. The lowest BCUT2D eigenvalue weighted by Crippen LogP contribution is -2.27. The van der Waals surface area contributed by atoms with Gasteiger partial charge < -0.3 is 10.4 Å². The van der Waals surface area contributed by atoms with Crippen molar-refractivity contribution in [1.82, 2.24) is 5.32 Å². The first-order valence-electron chi connectivity index (χ1n) is 12.1. The van der Waals surface area contributed by atoms with Crippen LogP contribution in [0.5, 0.6) is 0 Å². The molecule has 0 spiro atoms. The molecule has 0 bridgehead atoms. The van der Waals surface area contributed by atoms with Crippen molar-refractivity contribution < 1.29 is 9.90 Å². The van der Waals surface area contributed by atoms with Crippen LogP contribution in [0.25, 0.3) is 0 Å². The summed E-state index contributed by atoms with van der Waals surface area (Å²) in [6.07, 6.45) is 32.4. The van der Waals surface area contributed by atoms with Gasteiger partial charge in [0.1, 0.15) is 0 Å². The molecule has 0 radical (unpaired) electrons. The first-order chi connectivity index (χ1) is 16.2. The standard InChI is InChI=1S/C30H41NO2/c1-2-3-4-5-6-7-8-9-10-11-12-13-14-15-16-17-18-19-23-26-30(33)31-27-29(32)28-24-21-20-22-25-28/h3-4,6-7,9-10,12-13,15-16,18-22,24-25,29,32H,2,5,8,11,14,17,23,26-27H2,1H3,(H,31,33)/b4-3-,7-6-,10-9-,13-12-,16-15-,19-18-. The van der Waals surface area contributed by atoms with Crippen molar-refractivity contribution in [1.29, 1.82) is 0 Å². The summed E-state index contributed by atoms with van der Waals surface area (Å²) in [6, 6.07) is 9.37. The summed E-state index contributed by atoms with van der Waals surface area (Å²) in [5, 5.41) is 12.8. The lowest BCUT2D eigenvalue weighted by atomic mass is 10.1. The quantitative estimate of drug-likeness (QED) is 0.246. The number of aliphatic hydroxyl groups is 1. The van der Waals surface area contributed by atoms with E-state index >= 15 is 0 Å². The molecule has 1 rings (SSSR count). The van der Waals surface area contributed by atoms with E-state index in [-0.39, 0.29) is 12.5 Å². The maximum Gasteiger partial charge on any atom is 0.220 e. The van der Waals surface area contributed by atoms with Gasteiger partial charge in [-0.1, -0.05) is 110 Å². The minimum absolute atomic E-state index is 0.0375. The van der Waals surface area contributed by atoms with Gasteiger partial charge in [0.15, 0.2) is 0 Å². The second-order valence-electron chi connectivity index (χ2n) is 7.68. The highest BCUT2D eigenvalue weighted by Gasteiger charge is 2.08. The van der Waals surface area contributed by atoms with Crippen molar-refractivity contribution >= 4 is 5.91 Å². The number of aliphatic hydroxyl groups excluding tert-OH is 1. The zero-order valence-electron chi connectivity index (χ0n) is 20.1. The third-order valence-electron chi connectivity index (χ3n) is 4.81. The average Bonchev–Trinajstić information content (AvgIpc) is 2.84. The van der Waals surface area contributed by atoms with Crippen molar-refractivity contribution in [3.63, 3.8) is 0 Å². The van der Waals surface area contributed by atoms with Gasteiger partial charge in [0.05, 0.1) is 6.10 Å². The molecule has 0 saturated heterocycles. The molecule has 0 heterocycles.